The zero-order valence-electron chi connectivity index (χ0n) is 14.9. The molecule has 5 nitrogen and oxygen atoms in total. The number of rotatable bonds is 5. The molecule has 0 aromatic heterocycles. The smallest absolute Gasteiger partial charge is 0.319 e. The Balaban J connectivity index is 1.47. The van der Waals surface area contributed by atoms with E-state index in [9.17, 15) is 4.79 Å². The third-order valence-corrected chi connectivity index (χ3v) is 4.82. The van der Waals surface area contributed by atoms with Gasteiger partial charge in [0, 0.05) is 30.7 Å². The molecule has 0 spiro atoms. The second kappa shape index (κ2) is 8.92. The number of hydrogen-bond acceptors (Lipinski definition) is 3. The lowest BCUT2D eigenvalue weighted by atomic mass is 10.0. The van der Waals surface area contributed by atoms with E-state index in [1.807, 2.05) is 6.07 Å². The fraction of sp³-hybridized carbons (Fsp3) is 0.350. The predicted octanol–water partition coefficient (Wildman–Crippen LogP) is 4.13. The number of amides is 2. The molecule has 1 aliphatic rings. The fourth-order valence-corrected chi connectivity index (χ4v) is 3.37. The molecule has 26 heavy (non-hydrogen) atoms. The highest BCUT2D eigenvalue weighted by Gasteiger charge is 2.21. The molecule has 0 bridgehead atoms. The Kier molecular flexibility index (Phi) is 6.36. The highest BCUT2D eigenvalue weighted by molar-refractivity contribution is 6.31. The summed E-state index contributed by atoms with van der Waals surface area (Å²) < 4.78 is 5.25. The largest absolute Gasteiger partial charge is 0.495 e. The number of likely N-dealkylation sites (tertiary alicyclic amines) is 1. The van der Waals surface area contributed by atoms with Crippen molar-refractivity contribution in [2.45, 2.75) is 25.4 Å². The van der Waals surface area contributed by atoms with E-state index in [1.165, 1.54) is 5.56 Å². The molecule has 1 fully saturated rings. The molecule has 0 saturated carbocycles. The second-order valence-electron chi connectivity index (χ2n) is 6.48. The number of nitrogens with zero attached hydrogens (tertiary/aromatic N) is 1. The SMILES string of the molecule is COc1ccc(Cl)cc1NC(=O)NC1CCN(Cc2ccccc2)CC1. The molecule has 138 valence electrons. The first-order valence-corrected chi connectivity index (χ1v) is 9.19. The van der Waals surface area contributed by atoms with Crippen LogP contribution in [-0.4, -0.2) is 37.2 Å². The molecule has 1 heterocycles. The van der Waals surface area contributed by atoms with E-state index < -0.39 is 0 Å². The number of nitrogens with one attached hydrogen (secondary N) is 2. The van der Waals surface area contributed by atoms with Gasteiger partial charge in [0.1, 0.15) is 5.75 Å². The van der Waals surface area contributed by atoms with Gasteiger partial charge in [0.25, 0.3) is 0 Å². The van der Waals surface area contributed by atoms with E-state index >= 15 is 0 Å². The van der Waals surface area contributed by atoms with Crippen molar-refractivity contribution in [1.29, 1.82) is 0 Å². The standard InChI is InChI=1S/C20H24ClN3O2/c1-26-19-8-7-16(21)13-18(19)23-20(25)22-17-9-11-24(12-10-17)14-15-5-3-2-4-6-15/h2-8,13,17H,9-12,14H2,1H3,(H2,22,23,25). The monoisotopic (exact) mass is 373 g/mol. The van der Waals surface area contributed by atoms with Gasteiger partial charge in [-0.15, -0.1) is 0 Å². The average Bonchev–Trinajstić information content (AvgIpc) is 2.64. The molecule has 0 atom stereocenters. The highest BCUT2D eigenvalue weighted by atomic mass is 35.5. The van der Waals surface area contributed by atoms with Gasteiger partial charge in [-0.3, -0.25) is 4.90 Å². The second-order valence-corrected chi connectivity index (χ2v) is 6.92. The molecule has 1 aliphatic heterocycles. The van der Waals surface area contributed by atoms with E-state index in [0.29, 0.717) is 16.5 Å². The van der Waals surface area contributed by atoms with Gasteiger partial charge in [-0.05, 0) is 36.6 Å². The summed E-state index contributed by atoms with van der Waals surface area (Å²) in [5.41, 5.74) is 1.89. The summed E-state index contributed by atoms with van der Waals surface area (Å²) in [5, 5.41) is 6.43. The predicted molar refractivity (Wildman–Crippen MR) is 105 cm³/mol. The minimum Gasteiger partial charge on any atom is -0.495 e. The van der Waals surface area contributed by atoms with Crippen molar-refractivity contribution < 1.29 is 9.53 Å². The minimum absolute atomic E-state index is 0.173. The van der Waals surface area contributed by atoms with Gasteiger partial charge in [0.15, 0.2) is 0 Å². The van der Waals surface area contributed by atoms with E-state index in [1.54, 1.807) is 25.3 Å². The summed E-state index contributed by atoms with van der Waals surface area (Å²) in [6.07, 6.45) is 1.87. The molecule has 6 heteroatoms. The Morgan fingerprint density at radius 3 is 2.62 bits per heavy atom. The Hall–Kier alpha value is -2.24. The number of anilines is 1. The number of urea groups is 1. The number of carbonyl (C=O) groups excluding carboxylic acids is 1. The number of carbonyl (C=O) groups is 1. The van der Waals surface area contributed by atoms with Crippen LogP contribution in [-0.2, 0) is 6.54 Å². The number of methoxy groups -OCH3 is 1. The fourth-order valence-electron chi connectivity index (χ4n) is 3.20. The van der Waals surface area contributed by atoms with Crippen LogP contribution >= 0.6 is 11.6 Å². The lowest BCUT2D eigenvalue weighted by molar-refractivity contribution is 0.190. The maximum absolute atomic E-state index is 12.3. The number of ether oxygens (including phenoxy) is 1. The van der Waals surface area contributed by atoms with Crippen molar-refractivity contribution in [3.05, 3.63) is 59.1 Å². The number of hydrogen-bond donors (Lipinski definition) is 2. The average molecular weight is 374 g/mol. The van der Waals surface area contributed by atoms with Crippen LogP contribution in [0.15, 0.2) is 48.5 Å². The lowest BCUT2D eigenvalue weighted by Gasteiger charge is -2.32. The molecule has 2 amide bonds. The van der Waals surface area contributed by atoms with Crippen LogP contribution < -0.4 is 15.4 Å². The van der Waals surface area contributed by atoms with Gasteiger partial charge >= 0.3 is 6.03 Å². The van der Waals surface area contributed by atoms with Gasteiger partial charge < -0.3 is 15.4 Å². The van der Waals surface area contributed by atoms with E-state index in [-0.39, 0.29) is 12.1 Å². The summed E-state index contributed by atoms with van der Waals surface area (Å²) in [5.74, 6) is 0.585. The van der Waals surface area contributed by atoms with Crippen LogP contribution in [0.3, 0.4) is 0 Å². The first kappa shape index (κ1) is 18.5. The third kappa shape index (κ3) is 5.13. The molecule has 0 radical (unpaired) electrons. The van der Waals surface area contributed by atoms with Gasteiger partial charge in [-0.1, -0.05) is 41.9 Å². The van der Waals surface area contributed by atoms with Gasteiger partial charge in [-0.25, -0.2) is 4.79 Å². The van der Waals surface area contributed by atoms with Crippen molar-refractivity contribution in [1.82, 2.24) is 10.2 Å². The summed E-state index contributed by atoms with van der Waals surface area (Å²) in [6.45, 7) is 2.90. The maximum Gasteiger partial charge on any atom is 0.319 e. The van der Waals surface area contributed by atoms with E-state index in [4.69, 9.17) is 16.3 Å². The van der Waals surface area contributed by atoms with Crippen molar-refractivity contribution in [2.24, 2.45) is 0 Å². The van der Waals surface area contributed by atoms with Crippen molar-refractivity contribution in [2.75, 3.05) is 25.5 Å². The molecular weight excluding hydrogens is 350 g/mol. The molecule has 3 rings (SSSR count). The molecule has 0 unspecified atom stereocenters. The number of piperidine rings is 1. The Labute approximate surface area is 159 Å². The molecule has 2 N–H and O–H groups in total. The quantitative estimate of drug-likeness (QED) is 0.828. The van der Waals surface area contributed by atoms with Crippen LogP contribution in [0.1, 0.15) is 18.4 Å². The minimum atomic E-state index is -0.230. The van der Waals surface area contributed by atoms with Crippen molar-refractivity contribution >= 4 is 23.3 Å². The summed E-state index contributed by atoms with van der Waals surface area (Å²) in [4.78, 5) is 14.7. The zero-order chi connectivity index (χ0) is 18.4. The number of benzene rings is 2. The van der Waals surface area contributed by atoms with Crippen LogP contribution in [0.25, 0.3) is 0 Å². The molecule has 1 saturated heterocycles. The first-order chi connectivity index (χ1) is 12.6. The third-order valence-electron chi connectivity index (χ3n) is 4.58. The Morgan fingerprint density at radius 1 is 1.19 bits per heavy atom. The topological polar surface area (TPSA) is 53.6 Å². The van der Waals surface area contributed by atoms with E-state index in [2.05, 4.69) is 39.8 Å². The van der Waals surface area contributed by atoms with Crippen LogP contribution in [0, 0.1) is 0 Å². The maximum atomic E-state index is 12.3. The summed E-state index contributed by atoms with van der Waals surface area (Å²) in [7, 11) is 1.56. The normalized spacial score (nSPS) is 15.5. The van der Waals surface area contributed by atoms with Gasteiger partial charge in [0.05, 0.1) is 12.8 Å². The zero-order valence-corrected chi connectivity index (χ0v) is 15.6. The highest BCUT2D eigenvalue weighted by Crippen LogP contribution is 2.27. The molecular formula is C20H24ClN3O2. The molecule has 2 aromatic carbocycles. The lowest BCUT2D eigenvalue weighted by Crippen LogP contribution is -2.45. The van der Waals surface area contributed by atoms with Crippen molar-refractivity contribution in [3.63, 3.8) is 0 Å². The van der Waals surface area contributed by atoms with Crippen LogP contribution in [0.4, 0.5) is 10.5 Å². The van der Waals surface area contributed by atoms with Crippen LogP contribution in [0.5, 0.6) is 5.75 Å². The van der Waals surface area contributed by atoms with E-state index in [0.717, 1.165) is 32.5 Å². The van der Waals surface area contributed by atoms with Gasteiger partial charge in [-0.2, -0.15) is 0 Å². The van der Waals surface area contributed by atoms with Crippen LogP contribution in [0.2, 0.25) is 5.02 Å². The Morgan fingerprint density at radius 2 is 1.92 bits per heavy atom. The first-order valence-electron chi connectivity index (χ1n) is 8.81. The Bertz CT molecular complexity index is 731. The molecule has 0 aliphatic carbocycles. The van der Waals surface area contributed by atoms with Gasteiger partial charge in [0.2, 0.25) is 0 Å². The number of halogens is 1. The van der Waals surface area contributed by atoms with Crippen molar-refractivity contribution in [3.8, 4) is 5.75 Å². The summed E-state index contributed by atoms with van der Waals surface area (Å²) >= 11 is 6.00. The summed E-state index contributed by atoms with van der Waals surface area (Å²) in [6, 6.07) is 15.6. The molecule has 2 aromatic rings.